The van der Waals surface area contributed by atoms with Crippen molar-refractivity contribution in [1.82, 2.24) is 9.62 Å². The predicted molar refractivity (Wildman–Crippen MR) is 108 cm³/mol. The minimum Gasteiger partial charge on any atom is -0.454 e. The third-order valence-electron chi connectivity index (χ3n) is 5.04. The van der Waals surface area contributed by atoms with E-state index in [0.717, 1.165) is 34.7 Å². The van der Waals surface area contributed by atoms with E-state index in [9.17, 15) is 23.1 Å². The molecule has 9 heteroatoms. The molecule has 0 radical (unpaired) electrons. The highest BCUT2D eigenvalue weighted by molar-refractivity contribution is 7.89. The highest BCUT2D eigenvalue weighted by Crippen LogP contribution is 2.28. The number of rotatable bonds is 9. The fourth-order valence-electron chi connectivity index (χ4n) is 3.16. The van der Waals surface area contributed by atoms with Crippen LogP contribution in [0.15, 0.2) is 23.1 Å². The quantitative estimate of drug-likeness (QED) is 0.454. The molecule has 1 unspecified atom stereocenters. The average Bonchev–Trinajstić information content (AvgIpc) is 3.08. The van der Waals surface area contributed by atoms with Crippen molar-refractivity contribution in [2.75, 3.05) is 19.7 Å². The van der Waals surface area contributed by atoms with Crippen LogP contribution in [0, 0.1) is 13.8 Å². The van der Waals surface area contributed by atoms with Crippen LogP contribution >= 0.6 is 0 Å². The monoisotopic (exact) mass is 426 g/mol. The first-order valence-corrected chi connectivity index (χ1v) is 11.3. The number of esters is 1. The average molecular weight is 427 g/mol. The highest BCUT2D eigenvalue weighted by atomic mass is 32.2. The van der Waals surface area contributed by atoms with E-state index in [1.165, 1.54) is 6.07 Å². The summed E-state index contributed by atoms with van der Waals surface area (Å²) in [7, 11) is -3.99. The van der Waals surface area contributed by atoms with Gasteiger partial charge in [-0.25, -0.2) is 8.42 Å². The molecule has 0 aliphatic carbocycles. The second-order valence-corrected chi connectivity index (χ2v) is 9.28. The molecule has 0 saturated carbocycles. The largest absolute Gasteiger partial charge is 0.454 e. The summed E-state index contributed by atoms with van der Waals surface area (Å²) in [5.74, 6) is -1.27. The van der Waals surface area contributed by atoms with E-state index >= 15 is 0 Å². The summed E-state index contributed by atoms with van der Waals surface area (Å²) in [4.78, 5) is 24.3. The van der Waals surface area contributed by atoms with Crippen LogP contribution in [-0.2, 0) is 24.3 Å². The Morgan fingerprint density at radius 2 is 1.97 bits per heavy atom. The molecule has 1 fully saturated rings. The molecular weight excluding hydrogens is 396 g/mol. The number of nitrogens with zero attached hydrogens (tertiary/aromatic N) is 1. The molecule has 2 atom stereocenters. The maximum absolute atomic E-state index is 13.0. The summed E-state index contributed by atoms with van der Waals surface area (Å²) in [5.41, 5.74) is 1.76. The number of β-amino-alcohol motifs (C(OH)–C–C–N with tert-alkyl or cyclic N) is 1. The summed E-state index contributed by atoms with van der Waals surface area (Å²) in [6.07, 6.45) is 1.82. The standard InChI is InChI=1S/C20H30N2O6S/c1-4-5-6-9-21-19(24)13-28-20(25)18-11-16(23)12-22(18)29(26,27)17-8-7-14(2)15(3)10-17/h7-8,10,16,18,23H,4-6,9,11-13H2,1-3H3,(H,21,24)/t16?,18-/m0/s1. The maximum Gasteiger partial charge on any atom is 0.325 e. The van der Waals surface area contributed by atoms with Gasteiger partial charge in [0.15, 0.2) is 6.61 Å². The van der Waals surface area contributed by atoms with Crippen LogP contribution < -0.4 is 5.32 Å². The van der Waals surface area contributed by atoms with E-state index in [-0.39, 0.29) is 17.9 Å². The normalized spacial score (nSPS) is 19.9. The van der Waals surface area contributed by atoms with Gasteiger partial charge in [-0.05, 0) is 43.5 Å². The van der Waals surface area contributed by atoms with Gasteiger partial charge in [0.25, 0.3) is 5.91 Å². The summed E-state index contributed by atoms with van der Waals surface area (Å²) < 4.78 is 32.0. The molecule has 162 valence electrons. The number of nitrogens with one attached hydrogen (secondary N) is 1. The van der Waals surface area contributed by atoms with Crippen LogP contribution in [0.4, 0.5) is 0 Å². The molecule has 1 saturated heterocycles. The van der Waals surface area contributed by atoms with E-state index in [1.807, 2.05) is 6.92 Å². The number of carbonyl (C=O) groups excluding carboxylic acids is 2. The number of unbranched alkanes of at least 4 members (excludes halogenated alkanes) is 2. The first-order valence-electron chi connectivity index (χ1n) is 9.87. The van der Waals surface area contributed by atoms with Gasteiger partial charge in [-0.15, -0.1) is 0 Å². The number of aliphatic hydroxyl groups is 1. The number of hydrogen-bond donors (Lipinski definition) is 2. The van der Waals surface area contributed by atoms with E-state index in [0.29, 0.717) is 6.54 Å². The molecule has 2 rings (SSSR count). The third kappa shape index (κ3) is 6.01. The molecule has 0 spiro atoms. The second kappa shape index (κ2) is 10.2. The minimum absolute atomic E-state index is 0.0566. The number of sulfonamides is 1. The first-order chi connectivity index (χ1) is 13.7. The lowest BCUT2D eigenvalue weighted by atomic mass is 10.1. The van der Waals surface area contributed by atoms with Crippen molar-refractivity contribution >= 4 is 21.9 Å². The molecular formula is C20H30N2O6S. The summed E-state index contributed by atoms with van der Waals surface area (Å²) in [5, 5.41) is 12.6. The molecule has 2 N–H and O–H groups in total. The zero-order valence-corrected chi connectivity index (χ0v) is 18.0. The van der Waals surface area contributed by atoms with Crippen molar-refractivity contribution in [1.29, 1.82) is 0 Å². The first kappa shape index (κ1) is 23.3. The highest BCUT2D eigenvalue weighted by Gasteiger charge is 2.44. The Labute approximate surface area is 172 Å². The van der Waals surface area contributed by atoms with E-state index in [4.69, 9.17) is 4.74 Å². The fourth-order valence-corrected chi connectivity index (χ4v) is 4.87. The lowest BCUT2D eigenvalue weighted by Crippen LogP contribution is -2.42. The van der Waals surface area contributed by atoms with Crippen molar-refractivity contribution in [2.24, 2.45) is 0 Å². The van der Waals surface area contributed by atoms with Gasteiger partial charge >= 0.3 is 5.97 Å². The van der Waals surface area contributed by atoms with Gasteiger partial charge in [-0.2, -0.15) is 4.31 Å². The van der Waals surface area contributed by atoms with Crippen LogP contribution in [0.25, 0.3) is 0 Å². The van der Waals surface area contributed by atoms with Gasteiger partial charge in [-0.3, -0.25) is 9.59 Å². The lowest BCUT2D eigenvalue weighted by molar-refractivity contribution is -0.151. The Morgan fingerprint density at radius 3 is 2.62 bits per heavy atom. The van der Waals surface area contributed by atoms with Gasteiger partial charge in [0.05, 0.1) is 11.0 Å². The van der Waals surface area contributed by atoms with Gasteiger partial charge in [-0.1, -0.05) is 25.8 Å². The SMILES string of the molecule is CCCCCNC(=O)COC(=O)[C@@H]1CC(O)CN1S(=O)(=O)c1ccc(C)c(C)c1. The molecule has 1 aliphatic rings. The zero-order valence-electron chi connectivity index (χ0n) is 17.2. The van der Waals surface area contributed by atoms with Gasteiger partial charge in [0.2, 0.25) is 10.0 Å². The molecule has 1 heterocycles. The van der Waals surface area contributed by atoms with Crippen molar-refractivity contribution in [3.63, 3.8) is 0 Å². The van der Waals surface area contributed by atoms with Crippen molar-refractivity contribution in [3.05, 3.63) is 29.3 Å². The lowest BCUT2D eigenvalue weighted by Gasteiger charge is -2.22. The Morgan fingerprint density at radius 1 is 1.24 bits per heavy atom. The molecule has 1 aromatic carbocycles. The van der Waals surface area contributed by atoms with Crippen LogP contribution in [0.2, 0.25) is 0 Å². The van der Waals surface area contributed by atoms with Crippen molar-refractivity contribution in [3.8, 4) is 0 Å². The molecule has 1 amide bonds. The predicted octanol–water partition coefficient (Wildman–Crippen LogP) is 1.28. The van der Waals surface area contributed by atoms with Crippen LogP contribution in [0.5, 0.6) is 0 Å². The van der Waals surface area contributed by atoms with Crippen molar-refractivity contribution < 1.29 is 27.9 Å². The Hall–Kier alpha value is -1.97. The van der Waals surface area contributed by atoms with Gasteiger partial charge in [0, 0.05) is 19.5 Å². The Balaban J connectivity index is 2.04. The number of ether oxygens (including phenoxy) is 1. The fraction of sp³-hybridized carbons (Fsp3) is 0.600. The van der Waals surface area contributed by atoms with Gasteiger partial charge < -0.3 is 15.2 Å². The maximum atomic E-state index is 13.0. The third-order valence-corrected chi connectivity index (χ3v) is 6.91. The van der Waals surface area contributed by atoms with E-state index in [2.05, 4.69) is 12.2 Å². The second-order valence-electron chi connectivity index (χ2n) is 7.39. The summed E-state index contributed by atoms with van der Waals surface area (Å²) in [6, 6.07) is 3.56. The number of aryl methyl sites for hydroxylation is 2. The van der Waals surface area contributed by atoms with E-state index < -0.39 is 40.7 Å². The topological polar surface area (TPSA) is 113 Å². The number of amides is 1. The molecule has 1 aliphatic heterocycles. The number of benzene rings is 1. The molecule has 1 aromatic rings. The Kier molecular flexibility index (Phi) is 8.18. The number of hydrogen-bond acceptors (Lipinski definition) is 6. The molecule has 29 heavy (non-hydrogen) atoms. The van der Waals surface area contributed by atoms with Gasteiger partial charge in [0.1, 0.15) is 6.04 Å². The zero-order chi connectivity index (χ0) is 21.6. The molecule has 0 aromatic heterocycles. The summed E-state index contributed by atoms with van der Waals surface area (Å²) in [6.45, 7) is 5.56. The molecule has 0 bridgehead atoms. The van der Waals surface area contributed by atoms with Crippen LogP contribution in [0.1, 0.15) is 43.7 Å². The summed E-state index contributed by atoms with van der Waals surface area (Å²) >= 11 is 0. The minimum atomic E-state index is -3.99. The number of carbonyl (C=O) groups is 2. The van der Waals surface area contributed by atoms with Crippen LogP contribution in [0.3, 0.4) is 0 Å². The van der Waals surface area contributed by atoms with Crippen molar-refractivity contribution in [2.45, 2.75) is 63.5 Å². The Bertz CT molecular complexity index is 839. The smallest absolute Gasteiger partial charge is 0.325 e. The van der Waals surface area contributed by atoms with Crippen LogP contribution in [-0.4, -0.2) is 61.5 Å². The number of aliphatic hydroxyl groups excluding tert-OH is 1. The van der Waals surface area contributed by atoms with E-state index in [1.54, 1.807) is 19.1 Å². The molecule has 8 nitrogen and oxygen atoms in total.